The fourth-order valence-corrected chi connectivity index (χ4v) is 4.04. The van der Waals surface area contributed by atoms with Crippen LogP contribution in [0.3, 0.4) is 0 Å². The van der Waals surface area contributed by atoms with Crippen LogP contribution in [0, 0.1) is 5.82 Å². The van der Waals surface area contributed by atoms with E-state index in [4.69, 9.17) is 0 Å². The van der Waals surface area contributed by atoms with E-state index in [-0.39, 0.29) is 17.6 Å². The number of halogens is 1. The van der Waals surface area contributed by atoms with Crippen LogP contribution < -0.4 is 5.32 Å². The highest BCUT2D eigenvalue weighted by atomic mass is 32.2. The Kier molecular flexibility index (Phi) is 5.72. The molecule has 1 unspecified atom stereocenters. The first-order chi connectivity index (χ1) is 10.00. The summed E-state index contributed by atoms with van der Waals surface area (Å²) in [6, 6.07) is 6.70. The highest BCUT2D eigenvalue weighted by molar-refractivity contribution is 7.91. The third kappa shape index (κ3) is 5.05. The van der Waals surface area contributed by atoms with E-state index in [1.54, 1.807) is 12.1 Å². The average molecular weight is 314 g/mol. The van der Waals surface area contributed by atoms with Gasteiger partial charge >= 0.3 is 0 Å². The molecule has 1 aromatic rings. The largest absolute Gasteiger partial charge is 0.313 e. The third-order valence-corrected chi connectivity index (χ3v) is 5.70. The van der Waals surface area contributed by atoms with Gasteiger partial charge in [-0.3, -0.25) is 0 Å². The van der Waals surface area contributed by atoms with E-state index in [2.05, 4.69) is 10.2 Å². The van der Waals surface area contributed by atoms with Gasteiger partial charge in [0.2, 0.25) is 0 Å². The van der Waals surface area contributed by atoms with Crippen molar-refractivity contribution in [3.63, 3.8) is 0 Å². The molecule has 1 N–H and O–H groups in total. The molecule has 1 fully saturated rings. The van der Waals surface area contributed by atoms with Crippen LogP contribution in [0.4, 0.5) is 4.39 Å². The summed E-state index contributed by atoms with van der Waals surface area (Å²) in [5.74, 6) is 0.314. The Balaban J connectivity index is 1.91. The molecule has 1 atom stereocenters. The van der Waals surface area contributed by atoms with Crippen molar-refractivity contribution in [2.45, 2.75) is 18.9 Å². The molecule has 0 aliphatic carbocycles. The summed E-state index contributed by atoms with van der Waals surface area (Å²) < 4.78 is 36.5. The maximum atomic E-state index is 13.3. The Morgan fingerprint density at radius 2 is 2.14 bits per heavy atom. The fraction of sp³-hybridized carbons (Fsp3) is 0.600. The maximum Gasteiger partial charge on any atom is 0.151 e. The molecule has 2 rings (SSSR count). The minimum Gasteiger partial charge on any atom is -0.313 e. The van der Waals surface area contributed by atoms with Gasteiger partial charge in [-0.25, -0.2) is 12.8 Å². The topological polar surface area (TPSA) is 49.4 Å². The van der Waals surface area contributed by atoms with Crippen molar-refractivity contribution < 1.29 is 12.8 Å². The van der Waals surface area contributed by atoms with E-state index < -0.39 is 9.84 Å². The van der Waals surface area contributed by atoms with Crippen LogP contribution in [0.1, 0.15) is 24.4 Å². The molecule has 1 saturated heterocycles. The molecule has 1 aromatic carbocycles. The smallest absolute Gasteiger partial charge is 0.151 e. The molecule has 6 heteroatoms. The molecule has 0 radical (unpaired) electrons. The first-order valence-corrected chi connectivity index (χ1v) is 9.18. The minimum atomic E-state index is -2.86. The van der Waals surface area contributed by atoms with Crippen molar-refractivity contribution in [3.8, 4) is 0 Å². The van der Waals surface area contributed by atoms with E-state index in [1.807, 2.05) is 13.1 Å². The quantitative estimate of drug-likeness (QED) is 0.897. The summed E-state index contributed by atoms with van der Waals surface area (Å²) >= 11 is 0. The second-order valence-electron chi connectivity index (χ2n) is 5.53. The van der Waals surface area contributed by atoms with Gasteiger partial charge in [0.25, 0.3) is 0 Å². The molecule has 1 aliphatic rings. The zero-order chi connectivity index (χ0) is 15.3. The Labute approximate surface area is 126 Å². The summed E-state index contributed by atoms with van der Waals surface area (Å²) in [5.41, 5.74) is 0.931. The van der Waals surface area contributed by atoms with Gasteiger partial charge in [0.15, 0.2) is 9.84 Å². The van der Waals surface area contributed by atoms with E-state index in [0.717, 1.165) is 25.1 Å². The van der Waals surface area contributed by atoms with E-state index in [0.29, 0.717) is 18.7 Å². The molecular weight excluding hydrogens is 291 g/mol. The molecule has 1 aliphatic heterocycles. The number of nitrogens with one attached hydrogen (secondary N) is 1. The van der Waals surface area contributed by atoms with Crippen molar-refractivity contribution in [3.05, 3.63) is 35.6 Å². The van der Waals surface area contributed by atoms with Gasteiger partial charge in [-0.05, 0) is 50.7 Å². The highest BCUT2D eigenvalue weighted by Gasteiger charge is 2.20. The molecule has 0 amide bonds. The Bertz CT molecular complexity index is 563. The van der Waals surface area contributed by atoms with Gasteiger partial charge in [-0.2, -0.15) is 0 Å². The van der Waals surface area contributed by atoms with Crippen LogP contribution in [-0.2, 0) is 9.84 Å². The highest BCUT2D eigenvalue weighted by Crippen LogP contribution is 2.18. The SMILES string of the molecule is CNC(CCN1CCCS(=O)(=O)CC1)c1cccc(F)c1. The van der Waals surface area contributed by atoms with Gasteiger partial charge in [0.1, 0.15) is 5.82 Å². The Morgan fingerprint density at radius 3 is 2.86 bits per heavy atom. The van der Waals surface area contributed by atoms with Crippen molar-refractivity contribution >= 4 is 9.84 Å². The van der Waals surface area contributed by atoms with Crippen molar-refractivity contribution in [2.75, 3.05) is 38.2 Å². The van der Waals surface area contributed by atoms with E-state index >= 15 is 0 Å². The predicted octanol–water partition coefficient (Wildman–Crippen LogP) is 1.60. The summed E-state index contributed by atoms with van der Waals surface area (Å²) in [6.07, 6.45) is 1.53. The van der Waals surface area contributed by atoms with Crippen LogP contribution in [0.15, 0.2) is 24.3 Å². The summed E-state index contributed by atoms with van der Waals surface area (Å²) in [5, 5.41) is 3.21. The van der Waals surface area contributed by atoms with Crippen LogP contribution in [0.25, 0.3) is 0 Å². The normalized spacial score (nSPS) is 20.9. The van der Waals surface area contributed by atoms with Gasteiger partial charge in [0.05, 0.1) is 11.5 Å². The molecule has 0 spiro atoms. The Hall–Kier alpha value is -0.980. The maximum absolute atomic E-state index is 13.3. The molecule has 0 saturated carbocycles. The van der Waals surface area contributed by atoms with Crippen molar-refractivity contribution in [1.82, 2.24) is 10.2 Å². The summed E-state index contributed by atoms with van der Waals surface area (Å²) in [4.78, 5) is 2.19. The van der Waals surface area contributed by atoms with Crippen molar-refractivity contribution in [1.29, 1.82) is 0 Å². The molecule has 1 heterocycles. The predicted molar refractivity (Wildman–Crippen MR) is 82.5 cm³/mol. The lowest BCUT2D eigenvalue weighted by atomic mass is 10.0. The molecule has 118 valence electrons. The number of rotatable bonds is 5. The summed E-state index contributed by atoms with van der Waals surface area (Å²) in [7, 11) is -0.997. The van der Waals surface area contributed by atoms with Crippen LogP contribution in [0.2, 0.25) is 0 Å². The van der Waals surface area contributed by atoms with E-state index in [1.165, 1.54) is 6.07 Å². The zero-order valence-electron chi connectivity index (χ0n) is 12.4. The lowest BCUT2D eigenvalue weighted by Crippen LogP contribution is -2.31. The second-order valence-corrected chi connectivity index (χ2v) is 7.84. The number of nitrogens with zero attached hydrogens (tertiary/aromatic N) is 1. The second kappa shape index (κ2) is 7.33. The molecular formula is C15H23FN2O2S. The first-order valence-electron chi connectivity index (χ1n) is 7.36. The number of hydrogen-bond acceptors (Lipinski definition) is 4. The van der Waals surface area contributed by atoms with Crippen LogP contribution in [0.5, 0.6) is 0 Å². The number of sulfone groups is 1. The van der Waals surface area contributed by atoms with Gasteiger partial charge in [-0.1, -0.05) is 12.1 Å². The van der Waals surface area contributed by atoms with Gasteiger partial charge in [-0.15, -0.1) is 0 Å². The van der Waals surface area contributed by atoms with Gasteiger partial charge in [0, 0.05) is 12.6 Å². The van der Waals surface area contributed by atoms with Crippen LogP contribution in [-0.4, -0.2) is 51.5 Å². The monoisotopic (exact) mass is 314 g/mol. The fourth-order valence-electron chi connectivity index (χ4n) is 2.73. The molecule has 0 bridgehead atoms. The van der Waals surface area contributed by atoms with Crippen LogP contribution >= 0.6 is 0 Å². The minimum absolute atomic E-state index is 0.0839. The third-order valence-electron chi connectivity index (χ3n) is 3.98. The number of benzene rings is 1. The lowest BCUT2D eigenvalue weighted by Gasteiger charge is -2.23. The molecule has 0 aromatic heterocycles. The molecule has 21 heavy (non-hydrogen) atoms. The number of hydrogen-bond donors (Lipinski definition) is 1. The average Bonchev–Trinajstić information content (AvgIpc) is 2.61. The Morgan fingerprint density at radius 1 is 1.33 bits per heavy atom. The lowest BCUT2D eigenvalue weighted by molar-refractivity contribution is 0.277. The molecule has 4 nitrogen and oxygen atoms in total. The summed E-state index contributed by atoms with van der Waals surface area (Å²) in [6.45, 7) is 2.23. The van der Waals surface area contributed by atoms with E-state index in [9.17, 15) is 12.8 Å². The van der Waals surface area contributed by atoms with Gasteiger partial charge < -0.3 is 10.2 Å². The zero-order valence-corrected chi connectivity index (χ0v) is 13.2. The standard InChI is InChI=1S/C15H23FN2O2S/c1-17-15(13-4-2-5-14(16)12-13)6-8-18-7-3-10-21(19,20)11-9-18/h2,4-5,12,15,17H,3,6-11H2,1H3. The first kappa shape index (κ1) is 16.4. The van der Waals surface area contributed by atoms with Crippen molar-refractivity contribution in [2.24, 2.45) is 0 Å².